The van der Waals surface area contributed by atoms with Crippen molar-refractivity contribution < 1.29 is 14.3 Å². The van der Waals surface area contributed by atoms with Crippen LogP contribution in [0.25, 0.3) is 0 Å². The molecule has 0 spiro atoms. The minimum Gasteiger partial charge on any atom is -0.496 e. The molecule has 24 heavy (non-hydrogen) atoms. The molecule has 0 aliphatic heterocycles. The van der Waals surface area contributed by atoms with E-state index in [-0.39, 0.29) is 0 Å². The van der Waals surface area contributed by atoms with Gasteiger partial charge < -0.3 is 15.2 Å². The van der Waals surface area contributed by atoms with E-state index in [1.165, 1.54) is 6.21 Å². The number of hydrogen-bond acceptors (Lipinski definition) is 4. The number of methoxy groups -OCH3 is 1. The molecule has 0 saturated carbocycles. The van der Waals surface area contributed by atoms with Crippen molar-refractivity contribution in [3.8, 4) is 11.5 Å². The van der Waals surface area contributed by atoms with Gasteiger partial charge in [0.05, 0.1) is 13.3 Å². The van der Waals surface area contributed by atoms with E-state index < -0.39 is 6.03 Å². The maximum absolute atomic E-state index is 10.6. The molecule has 126 valence electrons. The van der Waals surface area contributed by atoms with E-state index in [4.69, 9.17) is 15.2 Å². The fourth-order valence-electron chi connectivity index (χ4n) is 2.34. The number of amides is 2. The highest BCUT2D eigenvalue weighted by Gasteiger charge is 2.08. The lowest BCUT2D eigenvalue weighted by molar-refractivity contribution is 0.249. The molecule has 2 amide bonds. The number of para-hydroxylation sites is 1. The summed E-state index contributed by atoms with van der Waals surface area (Å²) >= 11 is 0. The lowest BCUT2D eigenvalue weighted by atomic mass is 10.1. The van der Waals surface area contributed by atoms with Gasteiger partial charge in [0.1, 0.15) is 18.1 Å². The highest BCUT2D eigenvalue weighted by molar-refractivity contribution is 5.82. The Morgan fingerprint density at radius 2 is 1.96 bits per heavy atom. The van der Waals surface area contributed by atoms with Crippen molar-refractivity contribution in [2.45, 2.75) is 20.5 Å². The molecule has 0 bridgehead atoms. The molecule has 3 N–H and O–H groups in total. The third-order valence-electron chi connectivity index (χ3n) is 3.47. The van der Waals surface area contributed by atoms with Crippen molar-refractivity contribution in [3.63, 3.8) is 0 Å². The zero-order valence-corrected chi connectivity index (χ0v) is 14.0. The van der Waals surface area contributed by atoms with Crippen molar-refractivity contribution in [3.05, 3.63) is 58.7 Å². The zero-order valence-electron chi connectivity index (χ0n) is 14.0. The Morgan fingerprint density at radius 3 is 2.58 bits per heavy atom. The molecule has 0 unspecified atom stereocenters. The third kappa shape index (κ3) is 4.49. The maximum Gasteiger partial charge on any atom is 0.332 e. The summed E-state index contributed by atoms with van der Waals surface area (Å²) < 4.78 is 11.4. The first kappa shape index (κ1) is 17.3. The fourth-order valence-corrected chi connectivity index (χ4v) is 2.34. The summed E-state index contributed by atoms with van der Waals surface area (Å²) in [6, 6.07) is 10.9. The number of aryl methyl sites for hydroxylation is 2. The number of nitrogens with zero attached hydrogens (tertiary/aromatic N) is 1. The van der Waals surface area contributed by atoms with Gasteiger partial charge in [-0.1, -0.05) is 18.2 Å². The largest absolute Gasteiger partial charge is 0.496 e. The smallest absolute Gasteiger partial charge is 0.332 e. The molecule has 2 aromatic carbocycles. The Kier molecular flexibility index (Phi) is 5.78. The molecule has 6 nitrogen and oxygen atoms in total. The van der Waals surface area contributed by atoms with Gasteiger partial charge in [-0.3, -0.25) is 0 Å². The molecule has 0 saturated heterocycles. The molecule has 6 heteroatoms. The first-order valence-electron chi connectivity index (χ1n) is 7.45. The summed E-state index contributed by atoms with van der Waals surface area (Å²) in [6.45, 7) is 4.39. The van der Waals surface area contributed by atoms with E-state index in [9.17, 15) is 4.79 Å². The van der Waals surface area contributed by atoms with Crippen LogP contribution in [-0.4, -0.2) is 19.4 Å². The Labute approximate surface area is 141 Å². The summed E-state index contributed by atoms with van der Waals surface area (Å²) in [5, 5.41) is 3.75. The number of hydrogen-bond donors (Lipinski definition) is 2. The number of nitrogens with one attached hydrogen (secondary N) is 1. The summed E-state index contributed by atoms with van der Waals surface area (Å²) in [6.07, 6.45) is 1.51. The Balaban J connectivity index is 2.18. The highest BCUT2D eigenvalue weighted by Crippen LogP contribution is 2.26. The summed E-state index contributed by atoms with van der Waals surface area (Å²) in [5.41, 5.74) is 11.0. The topological polar surface area (TPSA) is 85.9 Å². The number of rotatable bonds is 6. The zero-order chi connectivity index (χ0) is 17.5. The molecule has 0 heterocycles. The quantitative estimate of drug-likeness (QED) is 0.632. The second kappa shape index (κ2) is 8.01. The van der Waals surface area contributed by atoms with E-state index in [1.54, 1.807) is 7.11 Å². The number of benzene rings is 2. The van der Waals surface area contributed by atoms with Crippen LogP contribution in [0.1, 0.15) is 22.3 Å². The lowest BCUT2D eigenvalue weighted by Crippen LogP contribution is -2.24. The average Bonchev–Trinajstić information content (AvgIpc) is 2.54. The lowest BCUT2D eigenvalue weighted by Gasteiger charge is -2.14. The van der Waals surface area contributed by atoms with E-state index in [0.29, 0.717) is 6.61 Å². The number of hydrazone groups is 1. The van der Waals surface area contributed by atoms with Gasteiger partial charge in [-0.15, -0.1) is 0 Å². The number of carbonyl (C=O) groups is 1. The van der Waals surface area contributed by atoms with Crippen molar-refractivity contribution in [1.82, 2.24) is 5.43 Å². The van der Waals surface area contributed by atoms with Crippen LogP contribution in [0.2, 0.25) is 0 Å². The minimum atomic E-state index is -0.710. The van der Waals surface area contributed by atoms with Crippen LogP contribution in [0, 0.1) is 13.8 Å². The molecule has 0 radical (unpaired) electrons. The summed E-state index contributed by atoms with van der Waals surface area (Å²) in [7, 11) is 1.61. The summed E-state index contributed by atoms with van der Waals surface area (Å²) in [4.78, 5) is 10.6. The minimum absolute atomic E-state index is 0.361. The van der Waals surface area contributed by atoms with Gasteiger partial charge in [0.2, 0.25) is 0 Å². The van der Waals surface area contributed by atoms with Crippen molar-refractivity contribution in [1.29, 1.82) is 0 Å². The first-order chi connectivity index (χ1) is 11.5. The Morgan fingerprint density at radius 1 is 1.25 bits per heavy atom. The number of nitrogens with two attached hydrogens (primary N) is 1. The molecule has 2 aromatic rings. The van der Waals surface area contributed by atoms with Crippen LogP contribution >= 0.6 is 0 Å². The number of carbonyl (C=O) groups excluding carboxylic acids is 1. The van der Waals surface area contributed by atoms with E-state index in [2.05, 4.69) is 10.5 Å². The van der Waals surface area contributed by atoms with Gasteiger partial charge in [0, 0.05) is 5.56 Å². The molecule has 0 aliphatic carbocycles. The van der Waals surface area contributed by atoms with Crippen LogP contribution in [0.5, 0.6) is 11.5 Å². The fraction of sp³-hybridized carbons (Fsp3) is 0.222. The van der Waals surface area contributed by atoms with Gasteiger partial charge in [0.15, 0.2) is 0 Å². The first-order valence-corrected chi connectivity index (χ1v) is 7.45. The van der Waals surface area contributed by atoms with Crippen LogP contribution in [-0.2, 0) is 6.61 Å². The second-order valence-corrected chi connectivity index (χ2v) is 5.32. The van der Waals surface area contributed by atoms with Gasteiger partial charge >= 0.3 is 6.03 Å². The van der Waals surface area contributed by atoms with Crippen LogP contribution < -0.4 is 20.6 Å². The SMILES string of the molecule is COc1ccc(C=NNC(N)=O)cc1COc1c(C)cccc1C. The molecular formula is C18H21N3O3. The normalized spacial score (nSPS) is 10.6. The Hall–Kier alpha value is -3.02. The standard InChI is InChI=1S/C18H21N3O3/c1-12-5-4-6-13(2)17(12)24-11-15-9-14(7-8-16(15)23-3)10-20-21-18(19)22/h4-10H,11H2,1-3H3,(H3,19,21,22). The van der Waals surface area contributed by atoms with E-state index in [0.717, 1.165) is 33.8 Å². The second-order valence-electron chi connectivity index (χ2n) is 5.32. The van der Waals surface area contributed by atoms with Gasteiger partial charge in [-0.2, -0.15) is 5.10 Å². The number of urea groups is 1. The van der Waals surface area contributed by atoms with Crippen LogP contribution in [0.15, 0.2) is 41.5 Å². The maximum atomic E-state index is 10.6. The van der Waals surface area contributed by atoms with Crippen LogP contribution in [0.3, 0.4) is 0 Å². The highest BCUT2D eigenvalue weighted by atomic mass is 16.5. The predicted octanol–water partition coefficient (Wildman–Crippen LogP) is 2.89. The van der Waals surface area contributed by atoms with Gasteiger partial charge in [0.25, 0.3) is 0 Å². The van der Waals surface area contributed by atoms with Crippen LogP contribution in [0.4, 0.5) is 4.79 Å². The average molecular weight is 327 g/mol. The van der Waals surface area contributed by atoms with Crippen molar-refractivity contribution in [2.24, 2.45) is 10.8 Å². The van der Waals surface area contributed by atoms with Crippen molar-refractivity contribution >= 4 is 12.2 Å². The summed E-state index contributed by atoms with van der Waals surface area (Å²) in [5.74, 6) is 1.59. The molecule has 0 aromatic heterocycles. The number of primary amides is 1. The van der Waals surface area contributed by atoms with Gasteiger partial charge in [-0.25, -0.2) is 10.2 Å². The van der Waals surface area contributed by atoms with Crippen molar-refractivity contribution in [2.75, 3.05) is 7.11 Å². The Bertz CT molecular complexity index is 737. The molecule has 0 atom stereocenters. The van der Waals surface area contributed by atoms with E-state index >= 15 is 0 Å². The van der Waals surface area contributed by atoms with Gasteiger partial charge in [-0.05, 0) is 48.7 Å². The molecule has 0 aliphatic rings. The molecule has 2 rings (SSSR count). The predicted molar refractivity (Wildman–Crippen MR) is 93.6 cm³/mol. The third-order valence-corrected chi connectivity index (χ3v) is 3.47. The monoisotopic (exact) mass is 327 g/mol. The number of ether oxygens (including phenoxy) is 2. The van der Waals surface area contributed by atoms with E-state index in [1.807, 2.05) is 50.2 Å². The molecule has 0 fully saturated rings. The molecular weight excluding hydrogens is 306 g/mol.